The maximum Gasteiger partial charge on any atom is 0.205 e. The van der Waals surface area contributed by atoms with Crippen LogP contribution in [0.2, 0.25) is 0 Å². The molecule has 1 aliphatic rings. The van der Waals surface area contributed by atoms with Gasteiger partial charge in [0.25, 0.3) is 0 Å². The van der Waals surface area contributed by atoms with E-state index in [-0.39, 0.29) is 0 Å². The van der Waals surface area contributed by atoms with Gasteiger partial charge in [-0.15, -0.1) is 0 Å². The third-order valence-electron chi connectivity index (χ3n) is 3.63. The Morgan fingerprint density at radius 1 is 1.45 bits per heavy atom. The third-order valence-corrected chi connectivity index (χ3v) is 4.42. The summed E-state index contributed by atoms with van der Waals surface area (Å²) in [6.07, 6.45) is 8.27. The van der Waals surface area contributed by atoms with Crippen LogP contribution in [0.5, 0.6) is 0 Å². The lowest BCUT2D eigenvalue weighted by molar-refractivity contribution is 0.457. The van der Waals surface area contributed by atoms with Crippen molar-refractivity contribution in [1.29, 1.82) is 0 Å². The summed E-state index contributed by atoms with van der Waals surface area (Å²) in [5.41, 5.74) is 0. The maximum atomic E-state index is 4.73. The summed E-state index contributed by atoms with van der Waals surface area (Å²) in [6, 6.07) is 0.318. The van der Waals surface area contributed by atoms with Crippen LogP contribution < -0.4 is 4.90 Å². The van der Waals surface area contributed by atoms with Crippen molar-refractivity contribution in [2.45, 2.75) is 45.6 Å². The lowest BCUT2D eigenvalue weighted by atomic mass is 10.0. The fourth-order valence-corrected chi connectivity index (χ4v) is 3.49. The average molecular weight is 291 g/mol. The molecule has 3 rings (SSSR count). The smallest absolute Gasteiger partial charge is 0.205 e. The maximum absolute atomic E-state index is 4.73. The van der Waals surface area contributed by atoms with Crippen molar-refractivity contribution in [3.05, 3.63) is 24.0 Å². The van der Waals surface area contributed by atoms with E-state index >= 15 is 0 Å². The molecule has 0 radical (unpaired) electrons. The molecule has 6 heteroatoms. The van der Waals surface area contributed by atoms with E-state index in [4.69, 9.17) is 4.98 Å². The lowest BCUT2D eigenvalue weighted by Crippen LogP contribution is -2.34. The van der Waals surface area contributed by atoms with E-state index in [2.05, 4.69) is 33.1 Å². The third kappa shape index (κ3) is 2.85. The molecule has 2 aromatic rings. The number of anilines is 1. The van der Waals surface area contributed by atoms with Gasteiger partial charge in [0.05, 0.1) is 6.04 Å². The number of H-pyrrole nitrogens is 1. The Morgan fingerprint density at radius 2 is 2.35 bits per heavy atom. The van der Waals surface area contributed by atoms with Gasteiger partial charge in [-0.1, -0.05) is 13.8 Å². The number of aromatic amines is 1. The number of imidazole rings is 1. The normalized spacial score (nSPS) is 19.8. The molecule has 1 N–H and O–H groups in total. The Balaban J connectivity index is 1.81. The van der Waals surface area contributed by atoms with Crippen LogP contribution in [0.1, 0.15) is 50.8 Å². The first-order valence-electron chi connectivity index (χ1n) is 7.32. The van der Waals surface area contributed by atoms with Gasteiger partial charge >= 0.3 is 0 Å². The van der Waals surface area contributed by atoms with Gasteiger partial charge < -0.3 is 9.88 Å². The van der Waals surface area contributed by atoms with Crippen LogP contribution in [0, 0.1) is 5.92 Å². The van der Waals surface area contributed by atoms with Crippen molar-refractivity contribution in [3.63, 3.8) is 0 Å². The monoisotopic (exact) mass is 291 g/mol. The van der Waals surface area contributed by atoms with Gasteiger partial charge in [-0.2, -0.15) is 4.37 Å². The fraction of sp³-hybridized carbons (Fsp3) is 0.643. The van der Waals surface area contributed by atoms with Crippen molar-refractivity contribution < 1.29 is 0 Å². The molecular weight excluding hydrogens is 270 g/mol. The number of nitrogens with zero attached hydrogens (tertiary/aromatic N) is 4. The van der Waals surface area contributed by atoms with Crippen molar-refractivity contribution >= 4 is 16.7 Å². The Labute approximate surface area is 123 Å². The summed E-state index contributed by atoms with van der Waals surface area (Å²) in [7, 11) is 0. The molecule has 5 nitrogen and oxygen atoms in total. The van der Waals surface area contributed by atoms with Crippen LogP contribution >= 0.6 is 11.5 Å². The first-order valence-corrected chi connectivity index (χ1v) is 8.10. The van der Waals surface area contributed by atoms with Crippen molar-refractivity contribution in [2.24, 2.45) is 5.92 Å². The van der Waals surface area contributed by atoms with Crippen molar-refractivity contribution in [3.8, 4) is 0 Å². The quantitative estimate of drug-likeness (QED) is 0.940. The van der Waals surface area contributed by atoms with E-state index in [0.29, 0.717) is 12.0 Å². The van der Waals surface area contributed by atoms with Gasteiger partial charge in [0, 0.05) is 36.9 Å². The Kier molecular flexibility index (Phi) is 4.00. The van der Waals surface area contributed by atoms with Gasteiger partial charge in [0.1, 0.15) is 11.6 Å². The molecule has 0 saturated carbocycles. The van der Waals surface area contributed by atoms with Gasteiger partial charge in [0.15, 0.2) is 0 Å². The van der Waals surface area contributed by atoms with E-state index < -0.39 is 0 Å². The Hall–Kier alpha value is -1.43. The Bertz CT molecular complexity index is 534. The zero-order valence-corrected chi connectivity index (χ0v) is 12.9. The van der Waals surface area contributed by atoms with E-state index in [1.165, 1.54) is 24.4 Å². The van der Waals surface area contributed by atoms with Crippen LogP contribution in [0.3, 0.4) is 0 Å². The molecule has 1 atom stereocenters. The summed E-state index contributed by atoms with van der Waals surface area (Å²) in [6.45, 7) is 5.45. The van der Waals surface area contributed by atoms with Crippen molar-refractivity contribution in [1.82, 2.24) is 19.3 Å². The van der Waals surface area contributed by atoms with Crippen LogP contribution in [0.25, 0.3) is 0 Å². The highest BCUT2D eigenvalue weighted by Crippen LogP contribution is 2.34. The van der Waals surface area contributed by atoms with Crippen LogP contribution in [-0.2, 0) is 6.42 Å². The number of hydrogen-bond acceptors (Lipinski definition) is 5. The molecule has 2 aromatic heterocycles. The zero-order valence-electron chi connectivity index (χ0n) is 12.0. The van der Waals surface area contributed by atoms with E-state index in [9.17, 15) is 0 Å². The minimum Gasteiger partial charge on any atom is -0.347 e. The summed E-state index contributed by atoms with van der Waals surface area (Å²) in [4.78, 5) is 14.8. The lowest BCUT2D eigenvalue weighted by Gasteiger charge is -2.33. The molecule has 20 heavy (non-hydrogen) atoms. The predicted octanol–water partition coefficient (Wildman–Crippen LogP) is 3.19. The summed E-state index contributed by atoms with van der Waals surface area (Å²) in [5, 5.41) is 1.04. The van der Waals surface area contributed by atoms with Gasteiger partial charge in [-0.05, 0) is 25.2 Å². The minimum absolute atomic E-state index is 0.318. The average Bonchev–Trinajstić information content (AvgIpc) is 3.09. The number of nitrogens with one attached hydrogen (secondary N) is 1. The molecule has 1 aliphatic heterocycles. The molecule has 0 aromatic carbocycles. The molecule has 1 saturated heterocycles. The molecule has 0 amide bonds. The number of hydrogen-bond donors (Lipinski definition) is 1. The fourth-order valence-electron chi connectivity index (χ4n) is 2.71. The van der Waals surface area contributed by atoms with Gasteiger partial charge in [-0.3, -0.25) is 0 Å². The molecule has 1 unspecified atom stereocenters. The van der Waals surface area contributed by atoms with E-state index in [0.717, 1.165) is 36.2 Å². The standard InChI is InChI=1S/C14H21N5S/c1-10(2)9-12-17-14(20-18-12)19-8-4-3-5-11(19)13-15-6-7-16-13/h6-7,10-11H,3-5,8-9H2,1-2H3,(H,15,16). The molecule has 108 valence electrons. The van der Waals surface area contributed by atoms with Crippen molar-refractivity contribution in [2.75, 3.05) is 11.4 Å². The highest BCUT2D eigenvalue weighted by molar-refractivity contribution is 7.09. The van der Waals surface area contributed by atoms with Crippen LogP contribution in [-0.4, -0.2) is 25.9 Å². The highest BCUT2D eigenvalue weighted by atomic mass is 32.1. The zero-order chi connectivity index (χ0) is 13.9. The Morgan fingerprint density at radius 3 is 3.10 bits per heavy atom. The largest absolute Gasteiger partial charge is 0.347 e. The summed E-state index contributed by atoms with van der Waals surface area (Å²) in [5.74, 6) is 2.62. The number of rotatable bonds is 4. The second kappa shape index (κ2) is 5.91. The molecule has 1 fully saturated rings. The molecule has 3 heterocycles. The molecule has 0 bridgehead atoms. The number of aromatic nitrogens is 4. The topological polar surface area (TPSA) is 57.7 Å². The first-order chi connectivity index (χ1) is 9.74. The number of piperidine rings is 1. The van der Waals surface area contributed by atoms with Crippen LogP contribution in [0.4, 0.5) is 5.13 Å². The first kappa shape index (κ1) is 13.5. The van der Waals surface area contributed by atoms with Crippen LogP contribution in [0.15, 0.2) is 12.4 Å². The molecule has 0 aliphatic carbocycles. The summed E-state index contributed by atoms with van der Waals surface area (Å²) < 4.78 is 4.51. The predicted molar refractivity (Wildman–Crippen MR) is 81.0 cm³/mol. The van der Waals surface area contributed by atoms with Gasteiger partial charge in [-0.25, -0.2) is 9.97 Å². The second-order valence-corrected chi connectivity index (χ2v) is 6.50. The molecular formula is C14H21N5S. The minimum atomic E-state index is 0.318. The van der Waals surface area contributed by atoms with E-state index in [1.54, 1.807) is 0 Å². The SMILES string of the molecule is CC(C)Cc1nsc(N2CCCCC2c2ncc[nH]2)n1. The highest BCUT2D eigenvalue weighted by Gasteiger charge is 2.28. The second-order valence-electron chi connectivity index (χ2n) is 5.77. The van der Waals surface area contributed by atoms with Gasteiger partial charge in [0.2, 0.25) is 5.13 Å². The van der Waals surface area contributed by atoms with E-state index in [1.807, 2.05) is 12.4 Å². The summed E-state index contributed by atoms with van der Waals surface area (Å²) >= 11 is 1.52. The molecule has 0 spiro atoms.